The van der Waals surface area contributed by atoms with Gasteiger partial charge in [-0.2, -0.15) is 13.2 Å². The van der Waals surface area contributed by atoms with Crippen molar-refractivity contribution in [1.82, 2.24) is 4.98 Å². The number of nitrogens with zero attached hydrogens (tertiary/aromatic N) is 1. The second kappa shape index (κ2) is 2.97. The standard InChI is InChI=1S/C8H7F3NS/c9-8(10,11)7-12-5-3-1-2-4-6(5)13-7/h1H,2-4H2. The van der Waals surface area contributed by atoms with Crippen LogP contribution in [0, 0.1) is 6.42 Å². The summed E-state index contributed by atoms with van der Waals surface area (Å²) in [5, 5.41) is -0.701. The Hall–Kier alpha value is -0.580. The van der Waals surface area contributed by atoms with Crippen LogP contribution in [0.3, 0.4) is 0 Å². The van der Waals surface area contributed by atoms with Crippen LogP contribution in [0.5, 0.6) is 0 Å². The molecule has 0 saturated heterocycles. The summed E-state index contributed by atoms with van der Waals surface area (Å²) in [7, 11) is 0. The van der Waals surface area contributed by atoms with Gasteiger partial charge in [-0.1, -0.05) is 0 Å². The molecule has 1 radical (unpaired) electrons. The summed E-state index contributed by atoms with van der Waals surface area (Å²) in [4.78, 5) is 4.39. The molecule has 2 rings (SSSR count). The third-order valence-electron chi connectivity index (χ3n) is 1.93. The molecular weight excluding hydrogens is 199 g/mol. The molecule has 0 aliphatic heterocycles. The fraction of sp³-hybridized carbons (Fsp3) is 0.500. The van der Waals surface area contributed by atoms with Crippen LogP contribution < -0.4 is 0 Å². The quantitative estimate of drug-likeness (QED) is 0.636. The summed E-state index contributed by atoms with van der Waals surface area (Å²) in [6.45, 7) is 0. The van der Waals surface area contributed by atoms with Gasteiger partial charge in [0.15, 0.2) is 5.01 Å². The van der Waals surface area contributed by atoms with Crippen LogP contribution in [0.25, 0.3) is 0 Å². The summed E-state index contributed by atoms with van der Waals surface area (Å²) in [6.07, 6.45) is -0.137. The van der Waals surface area contributed by atoms with Crippen molar-refractivity contribution in [3.05, 3.63) is 22.0 Å². The first kappa shape index (κ1) is 8.99. The Kier molecular flexibility index (Phi) is 2.06. The van der Waals surface area contributed by atoms with Gasteiger partial charge in [-0.05, 0) is 25.7 Å². The first-order valence-electron chi connectivity index (χ1n) is 3.95. The average molecular weight is 206 g/mol. The maximum absolute atomic E-state index is 12.2. The van der Waals surface area contributed by atoms with E-state index in [2.05, 4.69) is 4.98 Å². The smallest absolute Gasteiger partial charge is 0.237 e. The molecular formula is C8H7F3NS. The molecule has 1 aliphatic carbocycles. The molecule has 0 atom stereocenters. The number of hydrogen-bond acceptors (Lipinski definition) is 2. The number of aromatic nitrogens is 1. The molecule has 0 aromatic carbocycles. The normalized spacial score (nSPS) is 17.2. The molecule has 13 heavy (non-hydrogen) atoms. The lowest BCUT2D eigenvalue weighted by atomic mass is 10.0. The first-order valence-corrected chi connectivity index (χ1v) is 4.76. The van der Waals surface area contributed by atoms with Crippen LogP contribution >= 0.6 is 11.3 Å². The van der Waals surface area contributed by atoms with Crippen LogP contribution in [0.4, 0.5) is 13.2 Å². The molecule has 0 N–H and O–H groups in total. The largest absolute Gasteiger partial charge is 0.443 e. The number of fused-ring (bicyclic) bond motifs is 1. The molecule has 71 valence electrons. The van der Waals surface area contributed by atoms with E-state index >= 15 is 0 Å². The Morgan fingerprint density at radius 1 is 1.38 bits per heavy atom. The van der Waals surface area contributed by atoms with E-state index in [1.54, 1.807) is 0 Å². The Balaban J connectivity index is 2.36. The van der Waals surface area contributed by atoms with Crippen molar-refractivity contribution in [1.29, 1.82) is 0 Å². The maximum Gasteiger partial charge on any atom is 0.443 e. The van der Waals surface area contributed by atoms with Gasteiger partial charge in [0.2, 0.25) is 0 Å². The van der Waals surface area contributed by atoms with Crippen LogP contribution in [0.15, 0.2) is 0 Å². The lowest BCUT2D eigenvalue weighted by Gasteiger charge is -2.06. The van der Waals surface area contributed by atoms with E-state index in [0.717, 1.165) is 22.6 Å². The molecule has 0 bridgehead atoms. The van der Waals surface area contributed by atoms with Crippen molar-refractivity contribution in [2.75, 3.05) is 0 Å². The zero-order valence-corrected chi connectivity index (χ0v) is 7.50. The van der Waals surface area contributed by atoms with Gasteiger partial charge in [0.05, 0.1) is 5.69 Å². The fourth-order valence-corrected chi connectivity index (χ4v) is 2.30. The minimum Gasteiger partial charge on any atom is -0.237 e. The minimum absolute atomic E-state index is 0.585. The zero-order chi connectivity index (χ0) is 9.47. The van der Waals surface area contributed by atoms with Gasteiger partial charge in [-0.25, -0.2) is 4.98 Å². The number of aryl methyl sites for hydroxylation is 1. The first-order chi connectivity index (χ1) is 6.07. The van der Waals surface area contributed by atoms with Crippen LogP contribution in [-0.4, -0.2) is 4.98 Å². The van der Waals surface area contributed by atoms with Crippen LogP contribution in [0.2, 0.25) is 0 Å². The second-order valence-corrected chi connectivity index (χ2v) is 4.00. The molecule has 5 heteroatoms. The molecule has 1 aromatic rings. The summed E-state index contributed by atoms with van der Waals surface area (Å²) in [5.41, 5.74) is 0.614. The lowest BCUT2D eigenvalue weighted by Crippen LogP contribution is -2.04. The third-order valence-corrected chi connectivity index (χ3v) is 3.14. The van der Waals surface area contributed by atoms with Crippen LogP contribution in [0.1, 0.15) is 22.0 Å². The minimum atomic E-state index is -4.28. The van der Waals surface area contributed by atoms with E-state index in [9.17, 15) is 13.2 Å². The fourth-order valence-electron chi connectivity index (χ4n) is 1.33. The zero-order valence-electron chi connectivity index (χ0n) is 6.69. The molecule has 0 spiro atoms. The molecule has 1 nitrogen and oxygen atoms in total. The van der Waals surface area contributed by atoms with E-state index in [0.29, 0.717) is 18.5 Å². The molecule has 1 aliphatic rings. The predicted octanol–water partition coefficient (Wildman–Crippen LogP) is 2.85. The summed E-state index contributed by atoms with van der Waals surface area (Å²) in [6, 6.07) is 0. The molecule has 1 aromatic heterocycles. The monoisotopic (exact) mass is 206 g/mol. The van der Waals surface area contributed by atoms with Crippen molar-refractivity contribution >= 4 is 11.3 Å². The summed E-state index contributed by atoms with van der Waals surface area (Å²) in [5.74, 6) is 0. The number of hydrogen-bond donors (Lipinski definition) is 0. The Morgan fingerprint density at radius 3 is 2.77 bits per heavy atom. The predicted molar refractivity (Wildman–Crippen MR) is 43.4 cm³/mol. The van der Waals surface area contributed by atoms with Gasteiger partial charge in [0.1, 0.15) is 0 Å². The highest BCUT2D eigenvalue weighted by atomic mass is 32.1. The molecule has 1 heterocycles. The van der Waals surface area contributed by atoms with Crippen molar-refractivity contribution in [2.24, 2.45) is 0 Å². The average Bonchev–Trinajstić information content (AvgIpc) is 2.45. The highest BCUT2D eigenvalue weighted by Crippen LogP contribution is 2.36. The van der Waals surface area contributed by atoms with Gasteiger partial charge >= 0.3 is 6.18 Å². The Morgan fingerprint density at radius 2 is 2.15 bits per heavy atom. The highest BCUT2D eigenvalue weighted by Gasteiger charge is 2.36. The van der Waals surface area contributed by atoms with Gasteiger partial charge in [-0.3, -0.25) is 0 Å². The van der Waals surface area contributed by atoms with Crippen molar-refractivity contribution in [3.8, 4) is 0 Å². The number of alkyl halides is 3. The van der Waals surface area contributed by atoms with E-state index in [1.165, 1.54) is 0 Å². The van der Waals surface area contributed by atoms with Gasteiger partial charge < -0.3 is 0 Å². The summed E-state index contributed by atoms with van der Waals surface area (Å²) < 4.78 is 36.6. The van der Waals surface area contributed by atoms with Crippen molar-refractivity contribution in [3.63, 3.8) is 0 Å². The Bertz CT molecular complexity index is 292. The van der Waals surface area contributed by atoms with Crippen LogP contribution in [-0.2, 0) is 19.0 Å². The third kappa shape index (κ3) is 1.70. The molecule has 0 saturated carbocycles. The van der Waals surface area contributed by atoms with E-state index < -0.39 is 11.2 Å². The van der Waals surface area contributed by atoms with Gasteiger partial charge in [-0.15, -0.1) is 11.3 Å². The van der Waals surface area contributed by atoms with E-state index in [1.807, 2.05) is 6.42 Å². The van der Waals surface area contributed by atoms with E-state index in [-0.39, 0.29) is 0 Å². The topological polar surface area (TPSA) is 12.9 Å². The SMILES string of the molecule is FC(F)(F)c1nc2c(s1)CC[CH]C2. The van der Waals surface area contributed by atoms with Gasteiger partial charge in [0.25, 0.3) is 0 Å². The summed E-state index contributed by atoms with van der Waals surface area (Å²) >= 11 is 0.786. The molecule has 0 amide bonds. The number of rotatable bonds is 0. The van der Waals surface area contributed by atoms with Crippen molar-refractivity contribution in [2.45, 2.75) is 25.4 Å². The Labute approximate surface area is 77.6 Å². The highest BCUT2D eigenvalue weighted by molar-refractivity contribution is 7.11. The second-order valence-electron chi connectivity index (χ2n) is 2.92. The molecule has 0 unspecified atom stereocenters. The van der Waals surface area contributed by atoms with E-state index in [4.69, 9.17) is 0 Å². The van der Waals surface area contributed by atoms with Crippen molar-refractivity contribution < 1.29 is 13.2 Å². The number of thiazole rings is 1. The lowest BCUT2D eigenvalue weighted by molar-refractivity contribution is -0.137. The van der Waals surface area contributed by atoms with Gasteiger partial charge in [0, 0.05) is 4.88 Å². The number of halogens is 3. The maximum atomic E-state index is 12.2. The molecule has 0 fully saturated rings.